The van der Waals surface area contributed by atoms with E-state index in [1.807, 2.05) is 12.1 Å². The van der Waals surface area contributed by atoms with E-state index in [-0.39, 0.29) is 11.5 Å². The van der Waals surface area contributed by atoms with Gasteiger partial charge in [0.2, 0.25) is 0 Å². The average Bonchev–Trinajstić information content (AvgIpc) is 3.34. The summed E-state index contributed by atoms with van der Waals surface area (Å²) in [5.74, 6) is 0.407. The maximum atomic E-state index is 15.0. The van der Waals surface area contributed by atoms with Gasteiger partial charge in [0, 0.05) is 10.8 Å². The van der Waals surface area contributed by atoms with Crippen LogP contribution in [0, 0.1) is 17.6 Å². The molecule has 1 aliphatic carbocycles. The Morgan fingerprint density at radius 3 is 2.04 bits per heavy atom. The zero-order chi connectivity index (χ0) is 19.5. The molecule has 150 valence electrons. The number of halogens is 2. The Hall–Kier alpha value is -1.88. The molecule has 28 heavy (non-hydrogen) atoms. The molecule has 0 aliphatic heterocycles. The minimum absolute atomic E-state index is 0.237. The molecule has 2 aromatic carbocycles. The second kappa shape index (κ2) is 8.64. The fourth-order valence-electron chi connectivity index (χ4n) is 3.99. The number of hydrogen-bond acceptors (Lipinski definition) is 3. The summed E-state index contributed by atoms with van der Waals surface area (Å²) in [6, 6.07) is 6.96. The van der Waals surface area contributed by atoms with E-state index in [2.05, 4.69) is 6.92 Å². The van der Waals surface area contributed by atoms with Crippen molar-refractivity contribution in [3.05, 3.63) is 35.9 Å². The molecule has 3 aromatic rings. The zero-order valence-electron chi connectivity index (χ0n) is 16.2. The van der Waals surface area contributed by atoms with Gasteiger partial charge in [-0.05, 0) is 43.0 Å². The maximum Gasteiger partial charge on any atom is 0.182 e. The van der Waals surface area contributed by atoms with E-state index in [1.54, 1.807) is 12.1 Å². The van der Waals surface area contributed by atoms with Crippen molar-refractivity contribution in [2.75, 3.05) is 13.2 Å². The topological polar surface area (TPSA) is 18.5 Å². The van der Waals surface area contributed by atoms with Crippen molar-refractivity contribution in [3.63, 3.8) is 0 Å². The van der Waals surface area contributed by atoms with Gasteiger partial charge >= 0.3 is 0 Å². The van der Waals surface area contributed by atoms with Gasteiger partial charge in [-0.1, -0.05) is 39.0 Å². The second-order valence-corrected chi connectivity index (χ2v) is 8.62. The molecule has 2 nitrogen and oxygen atoms in total. The molecule has 1 fully saturated rings. The van der Waals surface area contributed by atoms with E-state index in [1.165, 1.54) is 25.7 Å². The summed E-state index contributed by atoms with van der Waals surface area (Å²) in [4.78, 5) is 0. The highest BCUT2D eigenvalue weighted by atomic mass is 32.1. The van der Waals surface area contributed by atoms with Crippen LogP contribution in [0.4, 0.5) is 8.78 Å². The highest BCUT2D eigenvalue weighted by Crippen LogP contribution is 2.41. The Morgan fingerprint density at radius 2 is 1.46 bits per heavy atom. The van der Waals surface area contributed by atoms with Gasteiger partial charge in [-0.25, -0.2) is 8.78 Å². The molecule has 0 atom stereocenters. The third-order valence-corrected chi connectivity index (χ3v) is 6.84. The van der Waals surface area contributed by atoms with Crippen LogP contribution in [-0.2, 0) is 0 Å². The highest BCUT2D eigenvalue weighted by molar-refractivity contribution is 7.25. The fraction of sp³-hybridized carbons (Fsp3) is 0.478. The van der Waals surface area contributed by atoms with E-state index in [9.17, 15) is 4.39 Å². The standard InChI is InChI=1S/C23H26F2O2S/c1-2-3-13-26-18-10-8-16-17-9-11-19(27-14-12-15-6-4-5-7-15)21(25)23(17)28-22(16)20(18)24/h8-11,15H,2-7,12-14H2,1H3. The molecule has 4 rings (SSSR count). The summed E-state index contributed by atoms with van der Waals surface area (Å²) in [5, 5.41) is 1.44. The maximum absolute atomic E-state index is 15.0. The molecule has 1 saturated carbocycles. The van der Waals surface area contributed by atoms with Crippen LogP contribution >= 0.6 is 11.3 Å². The quantitative estimate of drug-likeness (QED) is 0.363. The van der Waals surface area contributed by atoms with Crippen LogP contribution in [0.3, 0.4) is 0 Å². The lowest BCUT2D eigenvalue weighted by Gasteiger charge is -2.11. The van der Waals surface area contributed by atoms with Crippen LogP contribution < -0.4 is 9.47 Å². The van der Waals surface area contributed by atoms with Crippen molar-refractivity contribution in [3.8, 4) is 11.5 Å². The highest BCUT2D eigenvalue weighted by Gasteiger charge is 2.19. The first kappa shape index (κ1) is 19.4. The van der Waals surface area contributed by atoms with Crippen LogP contribution in [0.1, 0.15) is 51.9 Å². The Labute approximate surface area is 168 Å². The van der Waals surface area contributed by atoms with Crippen LogP contribution in [0.5, 0.6) is 11.5 Å². The smallest absolute Gasteiger partial charge is 0.182 e. The monoisotopic (exact) mass is 404 g/mol. The van der Waals surface area contributed by atoms with E-state index >= 15 is 4.39 Å². The van der Waals surface area contributed by atoms with Crippen LogP contribution in [-0.4, -0.2) is 13.2 Å². The number of thiophene rings is 1. The first-order valence-electron chi connectivity index (χ1n) is 10.3. The largest absolute Gasteiger partial charge is 0.490 e. The molecule has 5 heteroatoms. The fourth-order valence-corrected chi connectivity index (χ4v) is 5.15. The average molecular weight is 405 g/mol. The van der Waals surface area contributed by atoms with Crippen molar-refractivity contribution in [2.24, 2.45) is 5.92 Å². The molecule has 0 saturated heterocycles. The SMILES string of the molecule is CCCCOc1ccc2c(sc3c(F)c(OCCC4CCCC4)ccc32)c1F. The summed E-state index contributed by atoms with van der Waals surface area (Å²) in [5.41, 5.74) is 0. The van der Waals surface area contributed by atoms with Crippen LogP contribution in [0.2, 0.25) is 0 Å². The van der Waals surface area contributed by atoms with Gasteiger partial charge in [0.05, 0.1) is 22.6 Å². The summed E-state index contributed by atoms with van der Waals surface area (Å²) in [7, 11) is 0. The minimum Gasteiger partial charge on any atom is -0.490 e. The number of ether oxygens (including phenoxy) is 2. The van der Waals surface area contributed by atoms with E-state index in [4.69, 9.17) is 9.47 Å². The second-order valence-electron chi connectivity index (χ2n) is 7.60. The molecular weight excluding hydrogens is 378 g/mol. The van der Waals surface area contributed by atoms with Gasteiger partial charge in [0.1, 0.15) is 0 Å². The van der Waals surface area contributed by atoms with Gasteiger partial charge in [-0.2, -0.15) is 0 Å². The van der Waals surface area contributed by atoms with Gasteiger partial charge < -0.3 is 9.47 Å². The summed E-state index contributed by atoms with van der Waals surface area (Å²) < 4.78 is 42.1. The lowest BCUT2D eigenvalue weighted by atomic mass is 10.1. The van der Waals surface area contributed by atoms with E-state index in [0.717, 1.165) is 41.4 Å². The Balaban J connectivity index is 1.58. The number of rotatable bonds is 8. The van der Waals surface area contributed by atoms with Crippen molar-refractivity contribution < 1.29 is 18.3 Å². The third-order valence-electron chi connectivity index (χ3n) is 5.63. The molecule has 0 radical (unpaired) electrons. The molecule has 1 aliphatic rings. The Morgan fingerprint density at radius 1 is 0.893 bits per heavy atom. The van der Waals surface area contributed by atoms with Crippen molar-refractivity contribution in [1.29, 1.82) is 0 Å². The molecule has 0 spiro atoms. The van der Waals surface area contributed by atoms with Gasteiger partial charge in [-0.3, -0.25) is 0 Å². The summed E-state index contributed by atoms with van der Waals surface area (Å²) in [6.45, 7) is 3.07. The summed E-state index contributed by atoms with van der Waals surface area (Å²) in [6.07, 6.45) is 7.93. The predicted octanol–water partition coefficient (Wildman–Crippen LogP) is 7.47. The molecule has 0 amide bonds. The number of hydrogen-bond donors (Lipinski definition) is 0. The van der Waals surface area contributed by atoms with E-state index in [0.29, 0.717) is 28.5 Å². The number of unbranched alkanes of at least 4 members (excludes halogenated alkanes) is 1. The normalized spacial score (nSPS) is 15.0. The van der Waals surface area contributed by atoms with Gasteiger partial charge in [-0.15, -0.1) is 11.3 Å². The first-order chi connectivity index (χ1) is 13.7. The molecule has 0 bridgehead atoms. The Kier molecular flexibility index (Phi) is 6.00. The van der Waals surface area contributed by atoms with Crippen molar-refractivity contribution in [1.82, 2.24) is 0 Å². The molecule has 1 heterocycles. The molecule has 1 aromatic heterocycles. The van der Waals surface area contributed by atoms with Crippen LogP contribution in [0.15, 0.2) is 24.3 Å². The third kappa shape index (κ3) is 3.82. The van der Waals surface area contributed by atoms with Crippen molar-refractivity contribution >= 4 is 31.5 Å². The molecule has 0 unspecified atom stereocenters. The Bertz CT molecular complexity index is 960. The minimum atomic E-state index is -0.405. The van der Waals surface area contributed by atoms with Crippen molar-refractivity contribution in [2.45, 2.75) is 51.9 Å². The zero-order valence-corrected chi connectivity index (χ0v) is 17.0. The number of benzene rings is 2. The molecule has 0 N–H and O–H groups in total. The first-order valence-corrected chi connectivity index (χ1v) is 11.1. The lowest BCUT2D eigenvalue weighted by Crippen LogP contribution is -2.04. The van der Waals surface area contributed by atoms with Gasteiger partial charge in [0.25, 0.3) is 0 Å². The summed E-state index contributed by atoms with van der Waals surface area (Å²) >= 11 is 1.13. The number of fused-ring (bicyclic) bond motifs is 3. The van der Waals surface area contributed by atoms with Crippen LogP contribution in [0.25, 0.3) is 20.2 Å². The molecular formula is C23H26F2O2S. The lowest BCUT2D eigenvalue weighted by molar-refractivity contribution is 0.269. The van der Waals surface area contributed by atoms with E-state index < -0.39 is 11.6 Å². The predicted molar refractivity (Wildman–Crippen MR) is 112 cm³/mol. The van der Waals surface area contributed by atoms with Gasteiger partial charge in [0.15, 0.2) is 23.1 Å².